The molecule has 3 rings (SSSR count). The van der Waals surface area contributed by atoms with E-state index in [1.807, 2.05) is 0 Å². The molecule has 2 aromatic rings. The molecular weight excluding hydrogens is 238 g/mol. The number of hydrogen-bond acceptors (Lipinski definition) is 4. The summed E-state index contributed by atoms with van der Waals surface area (Å²) in [7, 11) is 0. The molecule has 0 aliphatic carbocycles. The van der Waals surface area contributed by atoms with Crippen LogP contribution in [0, 0.1) is 0 Å². The zero-order valence-electron chi connectivity index (χ0n) is 8.60. The first-order valence-electron chi connectivity index (χ1n) is 5.07. The number of fused-ring (bicyclic) bond motifs is 1. The van der Waals surface area contributed by atoms with Gasteiger partial charge in [-0.25, -0.2) is 0 Å². The lowest BCUT2D eigenvalue weighted by Gasteiger charge is -2.07. The molecule has 82 valence electrons. The minimum absolute atomic E-state index is 0.774. The minimum atomic E-state index is 0.774. The van der Waals surface area contributed by atoms with Gasteiger partial charge in [0.1, 0.15) is 5.75 Å². The lowest BCUT2D eigenvalue weighted by Crippen LogP contribution is -1.89. The fraction of sp³-hybridized carbons (Fsp3) is 0.167. The van der Waals surface area contributed by atoms with E-state index in [4.69, 9.17) is 9.88 Å². The van der Waals surface area contributed by atoms with E-state index in [1.54, 1.807) is 11.3 Å². The van der Waals surface area contributed by atoms with Gasteiger partial charge in [0, 0.05) is 6.42 Å². The molecular formula is C12H11NOS2. The van der Waals surface area contributed by atoms with Crippen LogP contribution in [0.3, 0.4) is 0 Å². The molecule has 0 atom stereocenters. The summed E-state index contributed by atoms with van der Waals surface area (Å²) in [5.74, 6) is 0.978. The van der Waals surface area contributed by atoms with Crippen LogP contribution in [0.1, 0.15) is 5.56 Å². The normalized spacial score (nSPS) is 13.6. The highest BCUT2D eigenvalue weighted by Gasteiger charge is 2.18. The number of hydrogen-bond donors (Lipinski definition) is 1. The Morgan fingerprint density at radius 2 is 2.25 bits per heavy atom. The summed E-state index contributed by atoms with van der Waals surface area (Å²) >= 11 is 2.98. The van der Waals surface area contributed by atoms with Gasteiger partial charge >= 0.3 is 0 Å². The Morgan fingerprint density at radius 3 is 3.00 bits per heavy atom. The van der Waals surface area contributed by atoms with Gasteiger partial charge in [0.15, 0.2) is 0 Å². The lowest BCUT2D eigenvalue weighted by molar-refractivity contribution is 0.350. The van der Waals surface area contributed by atoms with E-state index in [2.05, 4.69) is 29.0 Å². The second-order valence-electron chi connectivity index (χ2n) is 3.69. The first-order chi connectivity index (χ1) is 7.88. The molecule has 1 aromatic carbocycles. The third kappa shape index (κ3) is 1.63. The van der Waals surface area contributed by atoms with Crippen LogP contribution in [0.2, 0.25) is 0 Å². The van der Waals surface area contributed by atoms with Crippen molar-refractivity contribution in [3.8, 4) is 16.9 Å². The Labute approximate surface area is 103 Å². The molecule has 2 nitrogen and oxygen atoms in total. The lowest BCUT2D eigenvalue weighted by atomic mass is 10.0. The third-order valence-corrected chi connectivity index (χ3v) is 3.97. The monoisotopic (exact) mass is 249 g/mol. The maximum absolute atomic E-state index is 5.68. The molecule has 0 saturated heterocycles. The predicted molar refractivity (Wildman–Crippen MR) is 69.0 cm³/mol. The van der Waals surface area contributed by atoms with E-state index < -0.39 is 0 Å². The summed E-state index contributed by atoms with van der Waals surface area (Å²) < 4.78 is 5.59. The molecule has 1 aliphatic heterocycles. The van der Waals surface area contributed by atoms with Gasteiger partial charge in [-0.15, -0.1) is 0 Å². The average molecular weight is 249 g/mol. The molecule has 0 fully saturated rings. The molecule has 0 unspecified atom stereocenters. The van der Waals surface area contributed by atoms with Gasteiger partial charge in [-0.3, -0.25) is 5.14 Å². The van der Waals surface area contributed by atoms with Crippen molar-refractivity contribution in [2.75, 3.05) is 6.61 Å². The Kier molecular flexibility index (Phi) is 2.63. The molecule has 4 heteroatoms. The van der Waals surface area contributed by atoms with Gasteiger partial charge in [0.05, 0.1) is 11.5 Å². The van der Waals surface area contributed by atoms with E-state index >= 15 is 0 Å². The third-order valence-electron chi connectivity index (χ3n) is 2.73. The van der Waals surface area contributed by atoms with Gasteiger partial charge in [-0.2, -0.15) is 11.3 Å². The van der Waals surface area contributed by atoms with Crippen LogP contribution in [0.5, 0.6) is 5.75 Å². The maximum Gasteiger partial charge on any atom is 0.137 e. The summed E-state index contributed by atoms with van der Waals surface area (Å²) in [5.41, 5.74) is 3.77. The molecule has 2 N–H and O–H groups in total. The number of thiophene rings is 1. The number of benzene rings is 1. The standard InChI is InChI=1S/C12H11NOS2/c13-16-11-6-10(9-2-4-15-7-9)5-8-1-3-14-12(8)11/h2,4-7H,1,3,13H2. The van der Waals surface area contributed by atoms with Crippen molar-refractivity contribution >= 4 is 23.3 Å². The van der Waals surface area contributed by atoms with Crippen LogP contribution in [-0.2, 0) is 6.42 Å². The molecule has 0 radical (unpaired) electrons. The fourth-order valence-electron chi connectivity index (χ4n) is 1.96. The summed E-state index contributed by atoms with van der Waals surface area (Å²) in [6, 6.07) is 6.45. The zero-order valence-corrected chi connectivity index (χ0v) is 10.2. The highest BCUT2D eigenvalue weighted by atomic mass is 32.2. The van der Waals surface area contributed by atoms with Gasteiger partial charge < -0.3 is 4.74 Å². The first-order valence-corrected chi connectivity index (χ1v) is 6.90. The Bertz CT molecular complexity index is 508. The van der Waals surface area contributed by atoms with Crippen molar-refractivity contribution < 1.29 is 4.74 Å². The van der Waals surface area contributed by atoms with Crippen LogP contribution < -0.4 is 9.88 Å². The van der Waals surface area contributed by atoms with Crippen molar-refractivity contribution in [2.24, 2.45) is 5.14 Å². The van der Waals surface area contributed by atoms with E-state index in [9.17, 15) is 0 Å². The molecule has 0 spiro atoms. The van der Waals surface area contributed by atoms with Gasteiger partial charge in [0.25, 0.3) is 0 Å². The van der Waals surface area contributed by atoms with Crippen molar-refractivity contribution in [1.29, 1.82) is 0 Å². The Balaban J connectivity index is 2.15. The van der Waals surface area contributed by atoms with Crippen LogP contribution in [0.25, 0.3) is 11.1 Å². The number of rotatable bonds is 2. The van der Waals surface area contributed by atoms with Gasteiger partial charge in [-0.05, 0) is 57.6 Å². The largest absolute Gasteiger partial charge is 0.492 e. The molecule has 1 aromatic heterocycles. The van der Waals surface area contributed by atoms with Crippen LogP contribution in [-0.4, -0.2) is 6.61 Å². The van der Waals surface area contributed by atoms with Crippen LogP contribution >= 0.6 is 23.3 Å². The van der Waals surface area contributed by atoms with Crippen molar-refractivity contribution in [3.05, 3.63) is 34.5 Å². The minimum Gasteiger partial charge on any atom is -0.492 e. The SMILES string of the molecule is NSc1cc(-c2ccsc2)cc2c1OCC2. The molecule has 0 bridgehead atoms. The van der Waals surface area contributed by atoms with Crippen molar-refractivity contribution in [3.63, 3.8) is 0 Å². The summed E-state index contributed by atoms with van der Waals surface area (Å²) in [6.45, 7) is 0.774. The van der Waals surface area contributed by atoms with Crippen LogP contribution in [0.4, 0.5) is 0 Å². The van der Waals surface area contributed by atoms with Gasteiger partial charge in [0.2, 0.25) is 0 Å². The second-order valence-corrected chi connectivity index (χ2v) is 5.15. The summed E-state index contributed by atoms with van der Waals surface area (Å²) in [4.78, 5) is 1.04. The average Bonchev–Trinajstić information content (AvgIpc) is 2.97. The van der Waals surface area contributed by atoms with E-state index in [1.165, 1.54) is 28.6 Å². The molecule has 0 saturated carbocycles. The van der Waals surface area contributed by atoms with Gasteiger partial charge in [-0.1, -0.05) is 0 Å². The Morgan fingerprint density at radius 1 is 1.31 bits per heavy atom. The quantitative estimate of drug-likeness (QED) is 0.829. The molecule has 1 aliphatic rings. The van der Waals surface area contributed by atoms with E-state index in [0.717, 1.165) is 23.7 Å². The second kappa shape index (κ2) is 4.13. The zero-order chi connectivity index (χ0) is 11.0. The highest BCUT2D eigenvalue weighted by molar-refractivity contribution is 7.97. The molecule has 0 amide bonds. The smallest absolute Gasteiger partial charge is 0.137 e. The Hall–Kier alpha value is -0.970. The fourth-order valence-corrected chi connectivity index (χ4v) is 3.11. The molecule has 16 heavy (non-hydrogen) atoms. The summed E-state index contributed by atoms with van der Waals surface area (Å²) in [5, 5.41) is 9.93. The maximum atomic E-state index is 5.68. The topological polar surface area (TPSA) is 35.2 Å². The predicted octanol–water partition coefficient (Wildman–Crippen LogP) is 3.32. The first kappa shape index (κ1) is 10.2. The van der Waals surface area contributed by atoms with Crippen molar-refractivity contribution in [1.82, 2.24) is 0 Å². The highest BCUT2D eigenvalue weighted by Crippen LogP contribution is 2.38. The van der Waals surface area contributed by atoms with Crippen molar-refractivity contribution in [2.45, 2.75) is 11.3 Å². The molecule has 2 heterocycles. The van der Waals surface area contributed by atoms with E-state index in [-0.39, 0.29) is 0 Å². The number of ether oxygens (including phenoxy) is 1. The van der Waals surface area contributed by atoms with Crippen LogP contribution in [0.15, 0.2) is 33.9 Å². The van der Waals surface area contributed by atoms with E-state index in [0.29, 0.717) is 0 Å². The number of nitrogens with two attached hydrogens (primary N) is 1. The summed E-state index contributed by atoms with van der Waals surface area (Å²) in [6.07, 6.45) is 0.987.